The lowest BCUT2D eigenvalue weighted by molar-refractivity contribution is -0.0399. The van der Waals surface area contributed by atoms with Gasteiger partial charge in [0.05, 0.1) is 0 Å². The first-order valence-electron chi connectivity index (χ1n) is 21.3. The molecule has 0 radical (unpaired) electrons. The molecule has 0 atom stereocenters. The maximum atomic E-state index is 6.47. The Morgan fingerprint density at radius 2 is 1.05 bits per heavy atom. The van der Waals surface area contributed by atoms with Gasteiger partial charge in [-0.2, -0.15) is 0 Å². The van der Waals surface area contributed by atoms with Crippen LogP contribution in [0.4, 0.5) is 17.1 Å². The molecule has 4 bridgehead atoms. The largest absolute Gasteiger partial charge is 0.456 e. The van der Waals surface area contributed by atoms with Gasteiger partial charge in [-0.1, -0.05) is 117 Å². The number of fused-ring (bicyclic) bond motifs is 9. The maximum absolute atomic E-state index is 6.47. The van der Waals surface area contributed by atoms with Crippen LogP contribution in [0.3, 0.4) is 0 Å². The van der Waals surface area contributed by atoms with E-state index in [1.165, 1.54) is 76.6 Å². The third-order valence-electron chi connectivity index (χ3n) is 15.5. The van der Waals surface area contributed by atoms with Crippen molar-refractivity contribution in [3.05, 3.63) is 174 Å². The van der Waals surface area contributed by atoms with E-state index in [-0.39, 0.29) is 10.8 Å². The first-order chi connectivity index (χ1) is 28.0. The van der Waals surface area contributed by atoms with Gasteiger partial charge in [0.15, 0.2) is 0 Å². The molecular weight excluding hydrogens is 691 g/mol. The van der Waals surface area contributed by atoms with Crippen LogP contribution in [0.5, 0.6) is 0 Å². The summed E-state index contributed by atoms with van der Waals surface area (Å²) < 4.78 is 6.47. The van der Waals surface area contributed by atoms with Gasteiger partial charge in [0.25, 0.3) is 0 Å². The molecule has 6 aliphatic rings. The van der Waals surface area contributed by atoms with Crippen LogP contribution in [0.1, 0.15) is 68.2 Å². The normalized spacial score (nSPS) is 24.2. The van der Waals surface area contributed by atoms with E-state index in [1.807, 2.05) is 6.07 Å². The molecule has 0 amide bonds. The lowest BCUT2D eigenvalue weighted by Crippen LogP contribution is -2.55. The van der Waals surface area contributed by atoms with Crippen LogP contribution in [0.2, 0.25) is 0 Å². The highest BCUT2D eigenvalue weighted by atomic mass is 16.3. The molecular formula is C55H45NO. The maximum Gasteiger partial charge on any atom is 0.137 e. The Hall–Kier alpha value is -5.86. The van der Waals surface area contributed by atoms with Crippen LogP contribution in [0, 0.1) is 23.7 Å². The molecule has 0 unspecified atom stereocenters. The molecule has 0 N–H and O–H groups in total. The molecule has 4 fully saturated rings. The fourth-order valence-corrected chi connectivity index (χ4v) is 13.4. The van der Waals surface area contributed by atoms with Crippen LogP contribution in [-0.4, -0.2) is 0 Å². The zero-order chi connectivity index (χ0) is 37.6. The van der Waals surface area contributed by atoms with E-state index in [9.17, 15) is 0 Å². The van der Waals surface area contributed by atoms with E-state index in [0.29, 0.717) is 0 Å². The van der Waals surface area contributed by atoms with Gasteiger partial charge in [-0.15, -0.1) is 0 Å². The number of furan rings is 1. The fraction of sp³-hybridized carbons (Fsp3) is 0.236. The van der Waals surface area contributed by atoms with E-state index < -0.39 is 0 Å². The number of anilines is 3. The molecule has 8 aromatic rings. The highest BCUT2D eigenvalue weighted by Crippen LogP contribution is 2.70. The highest BCUT2D eigenvalue weighted by Gasteiger charge is 2.61. The van der Waals surface area contributed by atoms with E-state index >= 15 is 0 Å². The topological polar surface area (TPSA) is 16.4 Å². The summed E-state index contributed by atoms with van der Waals surface area (Å²) in [6, 6.07) is 57.2. The Morgan fingerprint density at radius 1 is 0.456 bits per heavy atom. The standard InChI is InChI=1S/C55H45NO/c1-54(2)47-14-6-3-10-42(47)43-24-22-39(31-50(43)54)56(40-23-25-45-44-11-5-8-17-51(44)57-52(45)32-40)38-20-18-35(19-21-38)41-13-9-16-49-53(41)46-12-4-7-15-48(46)55(49)36-27-33-26-34(29-36)30-37(55)28-33/h3-25,31-34,36-37H,26-30H2,1-2H3. The van der Waals surface area contributed by atoms with Crippen molar-refractivity contribution < 1.29 is 4.42 Å². The molecule has 0 saturated heterocycles. The van der Waals surface area contributed by atoms with E-state index in [4.69, 9.17) is 4.42 Å². The fourth-order valence-electron chi connectivity index (χ4n) is 13.4. The number of para-hydroxylation sites is 1. The van der Waals surface area contributed by atoms with Crippen molar-refractivity contribution in [3.63, 3.8) is 0 Å². The van der Waals surface area contributed by atoms with Crippen LogP contribution >= 0.6 is 0 Å². The van der Waals surface area contributed by atoms with Crippen molar-refractivity contribution in [2.75, 3.05) is 4.90 Å². The summed E-state index contributed by atoms with van der Waals surface area (Å²) in [6.07, 6.45) is 7.09. The van der Waals surface area contributed by atoms with E-state index in [2.05, 4.69) is 164 Å². The summed E-state index contributed by atoms with van der Waals surface area (Å²) in [6.45, 7) is 4.73. The minimum atomic E-state index is -0.0985. The molecule has 4 saturated carbocycles. The molecule has 0 aliphatic heterocycles. The Labute approximate surface area is 334 Å². The summed E-state index contributed by atoms with van der Waals surface area (Å²) in [4.78, 5) is 2.42. The second-order valence-electron chi connectivity index (χ2n) is 18.5. The molecule has 2 heteroatoms. The van der Waals surface area contributed by atoms with Gasteiger partial charge in [-0.25, -0.2) is 0 Å². The van der Waals surface area contributed by atoms with Gasteiger partial charge in [0, 0.05) is 44.7 Å². The first-order valence-corrected chi connectivity index (χ1v) is 21.3. The Balaban J connectivity index is 0.957. The van der Waals surface area contributed by atoms with Gasteiger partial charge in [-0.3, -0.25) is 0 Å². The Kier molecular flexibility index (Phi) is 6.44. The number of hydrogen-bond donors (Lipinski definition) is 0. The molecule has 2 nitrogen and oxygen atoms in total. The minimum absolute atomic E-state index is 0.0985. The Morgan fingerprint density at radius 3 is 1.86 bits per heavy atom. The zero-order valence-electron chi connectivity index (χ0n) is 32.6. The molecule has 14 rings (SSSR count). The van der Waals surface area contributed by atoms with Crippen molar-refractivity contribution in [1.29, 1.82) is 0 Å². The minimum Gasteiger partial charge on any atom is -0.456 e. The third kappa shape index (κ3) is 4.26. The Bertz CT molecular complexity index is 2930. The number of nitrogens with zero attached hydrogens (tertiary/aromatic N) is 1. The number of hydrogen-bond acceptors (Lipinski definition) is 2. The number of rotatable bonds is 4. The summed E-state index contributed by atoms with van der Waals surface area (Å²) in [5.74, 6) is 3.40. The predicted octanol–water partition coefficient (Wildman–Crippen LogP) is 14.8. The van der Waals surface area contributed by atoms with E-state index in [1.54, 1.807) is 11.1 Å². The monoisotopic (exact) mass is 735 g/mol. The summed E-state index contributed by atoms with van der Waals surface area (Å²) >= 11 is 0. The lowest BCUT2D eigenvalue weighted by Gasteiger charge is -2.61. The molecule has 57 heavy (non-hydrogen) atoms. The zero-order valence-corrected chi connectivity index (χ0v) is 32.6. The van der Waals surface area contributed by atoms with Gasteiger partial charge in [0.1, 0.15) is 11.2 Å². The van der Waals surface area contributed by atoms with Crippen LogP contribution in [-0.2, 0) is 10.8 Å². The van der Waals surface area contributed by atoms with Crippen LogP contribution < -0.4 is 4.90 Å². The second kappa shape index (κ2) is 11.4. The van der Waals surface area contributed by atoms with Crippen molar-refractivity contribution in [2.24, 2.45) is 23.7 Å². The highest BCUT2D eigenvalue weighted by molar-refractivity contribution is 6.06. The molecule has 6 aliphatic carbocycles. The molecule has 1 heterocycles. The number of benzene rings is 7. The summed E-state index contributed by atoms with van der Waals surface area (Å²) in [5, 5.41) is 2.30. The van der Waals surface area contributed by atoms with Gasteiger partial charge < -0.3 is 9.32 Å². The smallest absolute Gasteiger partial charge is 0.137 e. The van der Waals surface area contributed by atoms with Crippen molar-refractivity contribution in [3.8, 4) is 33.4 Å². The average Bonchev–Trinajstić information content (AvgIpc) is 3.84. The van der Waals surface area contributed by atoms with Crippen molar-refractivity contribution >= 4 is 39.0 Å². The van der Waals surface area contributed by atoms with E-state index in [0.717, 1.165) is 62.7 Å². The van der Waals surface area contributed by atoms with Crippen molar-refractivity contribution in [1.82, 2.24) is 0 Å². The van der Waals surface area contributed by atoms with Crippen LogP contribution in [0.15, 0.2) is 156 Å². The SMILES string of the molecule is CC1(C)c2ccccc2-c2ccc(N(c3ccc(-c4cccc5c4-c4ccccc4C54C5CC6CC(C5)CC4C6)cc3)c3ccc4c(c3)oc3ccccc34)cc21. The van der Waals surface area contributed by atoms with Gasteiger partial charge in [-0.05, 0) is 154 Å². The van der Waals surface area contributed by atoms with Crippen LogP contribution in [0.25, 0.3) is 55.3 Å². The summed E-state index contributed by atoms with van der Waals surface area (Å²) in [7, 11) is 0. The van der Waals surface area contributed by atoms with Gasteiger partial charge in [0.2, 0.25) is 0 Å². The summed E-state index contributed by atoms with van der Waals surface area (Å²) in [5.41, 5.74) is 19.5. The first kappa shape index (κ1) is 32.2. The molecule has 7 aromatic carbocycles. The third-order valence-corrected chi connectivity index (χ3v) is 15.5. The predicted molar refractivity (Wildman–Crippen MR) is 235 cm³/mol. The molecule has 276 valence electrons. The van der Waals surface area contributed by atoms with Crippen molar-refractivity contribution in [2.45, 2.75) is 56.8 Å². The molecule has 1 aromatic heterocycles. The lowest BCUT2D eigenvalue weighted by atomic mass is 9.43. The quantitative estimate of drug-likeness (QED) is 0.179. The second-order valence-corrected chi connectivity index (χ2v) is 18.5. The average molecular weight is 736 g/mol. The molecule has 1 spiro atoms. The van der Waals surface area contributed by atoms with Gasteiger partial charge >= 0.3 is 0 Å².